The normalized spacial score (nSPS) is 16.1. The van der Waals surface area contributed by atoms with Crippen LogP contribution in [0.4, 0.5) is 5.00 Å². The molecular formula is C20H20N2O3S2. The molecule has 1 atom stereocenters. The zero-order valence-electron chi connectivity index (χ0n) is 15.2. The monoisotopic (exact) mass is 400 g/mol. The third kappa shape index (κ3) is 3.75. The number of hydrogen-bond donors (Lipinski definition) is 1. The van der Waals surface area contributed by atoms with Gasteiger partial charge in [0.05, 0.1) is 28.9 Å². The zero-order valence-corrected chi connectivity index (χ0v) is 16.8. The van der Waals surface area contributed by atoms with E-state index >= 15 is 0 Å². The fraction of sp³-hybridized carbons (Fsp3) is 0.350. The summed E-state index contributed by atoms with van der Waals surface area (Å²) in [6.07, 6.45) is 4.55. The maximum Gasteiger partial charge on any atom is 0.231 e. The molecule has 0 fully saturated rings. The number of amides is 1. The maximum absolute atomic E-state index is 13.0. The molecule has 3 aromatic heterocycles. The second-order valence-electron chi connectivity index (χ2n) is 6.95. The molecule has 7 heteroatoms. The average molecular weight is 401 g/mol. The van der Waals surface area contributed by atoms with Gasteiger partial charge in [0.25, 0.3) is 0 Å². The third-order valence-corrected chi connectivity index (χ3v) is 6.74. The summed E-state index contributed by atoms with van der Waals surface area (Å²) in [6.45, 7) is 4.14. The Kier molecular flexibility index (Phi) is 4.97. The second-order valence-corrected chi connectivity index (χ2v) is 9.11. The molecule has 27 heavy (non-hydrogen) atoms. The predicted molar refractivity (Wildman–Crippen MR) is 107 cm³/mol. The van der Waals surface area contributed by atoms with Gasteiger partial charge in [-0.05, 0) is 49.8 Å². The van der Waals surface area contributed by atoms with Crippen molar-refractivity contribution in [3.63, 3.8) is 0 Å². The lowest BCUT2D eigenvalue weighted by Gasteiger charge is -2.18. The van der Waals surface area contributed by atoms with Crippen molar-refractivity contribution < 1.29 is 14.0 Å². The molecule has 3 aromatic rings. The lowest BCUT2D eigenvalue weighted by molar-refractivity contribution is -0.115. The van der Waals surface area contributed by atoms with Gasteiger partial charge in [0.1, 0.15) is 5.00 Å². The van der Waals surface area contributed by atoms with Crippen molar-refractivity contribution in [2.45, 2.75) is 39.5 Å². The fourth-order valence-electron chi connectivity index (χ4n) is 3.43. The van der Waals surface area contributed by atoms with E-state index in [0.717, 1.165) is 35.5 Å². The molecule has 140 valence electrons. The Balaban J connectivity index is 1.64. The van der Waals surface area contributed by atoms with Crippen LogP contribution in [-0.2, 0) is 24.1 Å². The Morgan fingerprint density at radius 2 is 2.26 bits per heavy atom. The van der Waals surface area contributed by atoms with Gasteiger partial charge in [-0.3, -0.25) is 9.59 Å². The van der Waals surface area contributed by atoms with E-state index in [0.29, 0.717) is 22.2 Å². The number of aromatic nitrogens is 1. The van der Waals surface area contributed by atoms with Gasteiger partial charge in [0.2, 0.25) is 11.7 Å². The van der Waals surface area contributed by atoms with Crippen LogP contribution in [0, 0.1) is 12.8 Å². The van der Waals surface area contributed by atoms with Crippen molar-refractivity contribution in [1.29, 1.82) is 0 Å². The lowest BCUT2D eigenvalue weighted by atomic mass is 9.87. The minimum absolute atomic E-state index is 0.152. The minimum atomic E-state index is -0.160. The number of nitrogens with one attached hydrogen (secondary N) is 1. The van der Waals surface area contributed by atoms with Gasteiger partial charge in [-0.25, -0.2) is 4.98 Å². The molecule has 3 heterocycles. The molecule has 1 N–H and O–H groups in total. The van der Waals surface area contributed by atoms with Crippen molar-refractivity contribution in [3.05, 3.63) is 56.2 Å². The molecule has 0 saturated heterocycles. The summed E-state index contributed by atoms with van der Waals surface area (Å²) in [4.78, 5) is 31.1. The predicted octanol–water partition coefficient (Wildman–Crippen LogP) is 4.64. The number of anilines is 1. The summed E-state index contributed by atoms with van der Waals surface area (Å²) in [6, 6.07) is 3.37. The number of rotatable bonds is 5. The van der Waals surface area contributed by atoms with Crippen LogP contribution in [0.2, 0.25) is 0 Å². The summed E-state index contributed by atoms with van der Waals surface area (Å²) < 4.78 is 5.32. The highest BCUT2D eigenvalue weighted by Gasteiger charge is 2.29. The van der Waals surface area contributed by atoms with Crippen LogP contribution in [0.25, 0.3) is 0 Å². The lowest BCUT2D eigenvalue weighted by Crippen LogP contribution is -2.17. The SMILES string of the molecule is Cc1nc(CC(=O)Nc2sc3c(c2C(=O)c2ccco2)CCC(C)C3)cs1. The van der Waals surface area contributed by atoms with Gasteiger partial charge in [0.15, 0.2) is 5.76 Å². The van der Waals surface area contributed by atoms with E-state index in [1.165, 1.54) is 33.8 Å². The standard InChI is InChI=1S/C20H20N2O3S2/c1-11-5-6-14-16(8-11)27-20(18(14)19(24)15-4-3-7-25-15)22-17(23)9-13-10-26-12(2)21-13/h3-4,7,10-11H,5-6,8-9H2,1-2H3,(H,22,23). The van der Waals surface area contributed by atoms with Crippen molar-refractivity contribution >= 4 is 39.4 Å². The topological polar surface area (TPSA) is 72.2 Å². The van der Waals surface area contributed by atoms with E-state index in [2.05, 4.69) is 17.2 Å². The first-order valence-electron chi connectivity index (χ1n) is 8.95. The van der Waals surface area contributed by atoms with Gasteiger partial charge < -0.3 is 9.73 Å². The molecule has 0 spiro atoms. The summed E-state index contributed by atoms with van der Waals surface area (Å²) in [5, 5.41) is 6.43. The molecule has 5 nitrogen and oxygen atoms in total. The summed E-state index contributed by atoms with van der Waals surface area (Å²) in [5.41, 5.74) is 2.42. The van der Waals surface area contributed by atoms with E-state index < -0.39 is 0 Å². The molecule has 0 bridgehead atoms. The molecule has 4 rings (SSSR count). The number of carbonyl (C=O) groups is 2. The first kappa shape index (κ1) is 18.1. The number of thiophene rings is 1. The zero-order chi connectivity index (χ0) is 19.0. The van der Waals surface area contributed by atoms with Gasteiger partial charge in [-0.2, -0.15) is 0 Å². The third-order valence-electron chi connectivity index (χ3n) is 4.74. The summed E-state index contributed by atoms with van der Waals surface area (Å²) >= 11 is 3.05. The average Bonchev–Trinajstić information content (AvgIpc) is 3.34. The number of ketones is 1. The smallest absolute Gasteiger partial charge is 0.231 e. The molecule has 0 aliphatic heterocycles. The van der Waals surface area contributed by atoms with Crippen LogP contribution in [0.5, 0.6) is 0 Å². The molecule has 1 aliphatic rings. The number of thiazole rings is 1. The van der Waals surface area contributed by atoms with Crippen LogP contribution in [0.15, 0.2) is 28.2 Å². The molecule has 0 saturated carbocycles. The van der Waals surface area contributed by atoms with Crippen LogP contribution in [0.1, 0.15) is 50.6 Å². The van der Waals surface area contributed by atoms with Crippen LogP contribution in [-0.4, -0.2) is 16.7 Å². The van der Waals surface area contributed by atoms with Crippen LogP contribution < -0.4 is 5.32 Å². The number of carbonyl (C=O) groups excluding carboxylic acids is 2. The van der Waals surface area contributed by atoms with E-state index in [-0.39, 0.29) is 18.1 Å². The molecule has 1 unspecified atom stereocenters. The highest BCUT2D eigenvalue weighted by molar-refractivity contribution is 7.17. The molecule has 1 aliphatic carbocycles. The van der Waals surface area contributed by atoms with E-state index in [1.807, 2.05) is 12.3 Å². The summed E-state index contributed by atoms with van der Waals surface area (Å²) in [5.74, 6) is 0.580. The molecule has 0 radical (unpaired) electrons. The number of fused-ring (bicyclic) bond motifs is 1. The second kappa shape index (κ2) is 7.40. The van der Waals surface area contributed by atoms with Crippen LogP contribution in [0.3, 0.4) is 0 Å². The van der Waals surface area contributed by atoms with Crippen LogP contribution >= 0.6 is 22.7 Å². The molecular weight excluding hydrogens is 380 g/mol. The van der Waals surface area contributed by atoms with Crippen molar-refractivity contribution in [2.75, 3.05) is 5.32 Å². The number of furan rings is 1. The van der Waals surface area contributed by atoms with Gasteiger partial charge in [-0.15, -0.1) is 22.7 Å². The maximum atomic E-state index is 13.0. The van der Waals surface area contributed by atoms with Crippen molar-refractivity contribution in [3.8, 4) is 0 Å². The first-order chi connectivity index (χ1) is 13.0. The fourth-order valence-corrected chi connectivity index (χ4v) is 5.47. The molecule has 1 amide bonds. The van der Waals surface area contributed by atoms with E-state index in [9.17, 15) is 9.59 Å². The van der Waals surface area contributed by atoms with Crippen molar-refractivity contribution in [2.24, 2.45) is 5.92 Å². The minimum Gasteiger partial charge on any atom is -0.461 e. The quantitative estimate of drug-likeness (QED) is 0.633. The van der Waals surface area contributed by atoms with Crippen molar-refractivity contribution in [1.82, 2.24) is 4.98 Å². The Labute approximate surface area is 165 Å². The van der Waals surface area contributed by atoms with Gasteiger partial charge >= 0.3 is 0 Å². The Morgan fingerprint density at radius 1 is 1.41 bits per heavy atom. The Hall–Kier alpha value is -2.25. The van der Waals surface area contributed by atoms with E-state index in [1.54, 1.807) is 12.1 Å². The highest BCUT2D eigenvalue weighted by Crippen LogP contribution is 2.40. The number of hydrogen-bond acceptors (Lipinski definition) is 6. The Bertz CT molecular complexity index is 985. The largest absolute Gasteiger partial charge is 0.461 e. The first-order valence-corrected chi connectivity index (χ1v) is 10.6. The number of nitrogens with zero attached hydrogens (tertiary/aromatic N) is 1. The summed E-state index contributed by atoms with van der Waals surface area (Å²) in [7, 11) is 0. The Morgan fingerprint density at radius 3 is 2.96 bits per heavy atom. The highest BCUT2D eigenvalue weighted by atomic mass is 32.1. The van der Waals surface area contributed by atoms with E-state index in [4.69, 9.17) is 4.42 Å². The van der Waals surface area contributed by atoms with Gasteiger partial charge in [-0.1, -0.05) is 6.92 Å². The molecule has 0 aromatic carbocycles. The number of aryl methyl sites for hydroxylation is 1. The van der Waals surface area contributed by atoms with Gasteiger partial charge in [0, 0.05) is 10.3 Å².